The SMILES string of the molecule is Cc1ccc(C(=O)NCc2ccc(C(N)=S)cc2)s1. The Hall–Kier alpha value is -1.72. The lowest BCUT2D eigenvalue weighted by Crippen LogP contribution is -2.21. The number of carbonyl (C=O) groups is 1. The highest BCUT2D eigenvalue weighted by Crippen LogP contribution is 2.14. The van der Waals surface area contributed by atoms with Gasteiger partial charge in [0.25, 0.3) is 5.91 Å². The maximum Gasteiger partial charge on any atom is 0.261 e. The van der Waals surface area contributed by atoms with Crippen LogP contribution in [0.2, 0.25) is 0 Å². The molecule has 0 bridgehead atoms. The van der Waals surface area contributed by atoms with Crippen LogP contribution in [0.15, 0.2) is 36.4 Å². The molecular weight excluding hydrogens is 276 g/mol. The maximum absolute atomic E-state index is 11.9. The van der Waals surface area contributed by atoms with E-state index in [1.54, 1.807) is 0 Å². The number of benzene rings is 1. The second-order valence-electron chi connectivity index (χ2n) is 4.15. The summed E-state index contributed by atoms with van der Waals surface area (Å²) in [5.74, 6) is -0.0449. The number of carbonyl (C=O) groups excluding carboxylic acids is 1. The summed E-state index contributed by atoms with van der Waals surface area (Å²) in [6.07, 6.45) is 0. The number of nitrogens with two attached hydrogens (primary N) is 1. The first-order chi connectivity index (χ1) is 9.06. The van der Waals surface area contributed by atoms with E-state index < -0.39 is 0 Å². The zero-order valence-corrected chi connectivity index (χ0v) is 12.1. The van der Waals surface area contributed by atoms with Gasteiger partial charge in [-0.15, -0.1) is 11.3 Å². The van der Waals surface area contributed by atoms with Crippen LogP contribution in [-0.2, 0) is 6.54 Å². The molecule has 0 atom stereocenters. The van der Waals surface area contributed by atoms with Gasteiger partial charge in [-0.2, -0.15) is 0 Å². The molecule has 1 aromatic heterocycles. The molecule has 0 fully saturated rings. The maximum atomic E-state index is 11.9. The zero-order chi connectivity index (χ0) is 13.8. The summed E-state index contributed by atoms with van der Waals surface area (Å²) < 4.78 is 0. The van der Waals surface area contributed by atoms with Crippen LogP contribution >= 0.6 is 23.6 Å². The minimum Gasteiger partial charge on any atom is -0.389 e. The Labute approximate surface area is 121 Å². The van der Waals surface area contributed by atoms with Crippen molar-refractivity contribution in [2.24, 2.45) is 5.73 Å². The fourth-order valence-corrected chi connectivity index (χ4v) is 2.53. The topological polar surface area (TPSA) is 55.1 Å². The number of rotatable bonds is 4. The first-order valence-electron chi connectivity index (χ1n) is 5.79. The number of hydrogen-bond acceptors (Lipinski definition) is 3. The first-order valence-corrected chi connectivity index (χ1v) is 7.02. The molecule has 1 amide bonds. The van der Waals surface area contributed by atoms with Gasteiger partial charge >= 0.3 is 0 Å². The van der Waals surface area contributed by atoms with Crippen molar-refractivity contribution in [3.8, 4) is 0 Å². The standard InChI is InChI=1S/C14H14N2OS2/c1-9-2-7-12(19-9)14(17)16-8-10-3-5-11(6-4-10)13(15)18/h2-7H,8H2,1H3,(H2,15,18)(H,16,17). The van der Waals surface area contributed by atoms with Crippen molar-refractivity contribution < 1.29 is 4.79 Å². The van der Waals surface area contributed by atoms with E-state index in [1.807, 2.05) is 43.3 Å². The highest BCUT2D eigenvalue weighted by atomic mass is 32.1. The molecule has 0 aliphatic heterocycles. The van der Waals surface area contributed by atoms with E-state index in [0.717, 1.165) is 20.9 Å². The summed E-state index contributed by atoms with van der Waals surface area (Å²) in [4.78, 5) is 14.1. The van der Waals surface area contributed by atoms with Crippen LogP contribution in [-0.4, -0.2) is 10.9 Å². The van der Waals surface area contributed by atoms with Gasteiger partial charge in [-0.25, -0.2) is 0 Å². The molecule has 0 saturated carbocycles. The number of thiophene rings is 1. The Balaban J connectivity index is 1.95. The van der Waals surface area contributed by atoms with Gasteiger partial charge in [0.05, 0.1) is 4.88 Å². The third kappa shape index (κ3) is 3.62. The largest absolute Gasteiger partial charge is 0.389 e. The molecule has 2 aromatic rings. The molecule has 3 N–H and O–H groups in total. The predicted molar refractivity (Wildman–Crippen MR) is 82.6 cm³/mol. The molecule has 0 unspecified atom stereocenters. The number of aryl methyl sites for hydroxylation is 1. The molecule has 0 aliphatic rings. The lowest BCUT2D eigenvalue weighted by atomic mass is 10.1. The molecule has 98 valence electrons. The number of thiocarbonyl (C=S) groups is 1. The van der Waals surface area contributed by atoms with Crippen molar-refractivity contribution in [2.45, 2.75) is 13.5 Å². The lowest BCUT2D eigenvalue weighted by Gasteiger charge is -2.05. The van der Waals surface area contributed by atoms with Gasteiger partial charge in [0.15, 0.2) is 0 Å². The molecule has 0 saturated heterocycles. The van der Waals surface area contributed by atoms with Gasteiger partial charge in [0.1, 0.15) is 4.99 Å². The highest BCUT2D eigenvalue weighted by molar-refractivity contribution is 7.80. The molecule has 1 aromatic carbocycles. The number of amides is 1. The second kappa shape index (κ2) is 5.95. The van der Waals surface area contributed by atoms with Crippen LogP contribution in [0, 0.1) is 6.92 Å². The number of hydrogen-bond donors (Lipinski definition) is 2. The first kappa shape index (κ1) is 13.7. The van der Waals surface area contributed by atoms with Gasteiger partial charge in [-0.1, -0.05) is 36.5 Å². The van der Waals surface area contributed by atoms with E-state index in [0.29, 0.717) is 11.5 Å². The molecular formula is C14H14N2OS2. The van der Waals surface area contributed by atoms with Crippen molar-refractivity contribution in [3.63, 3.8) is 0 Å². The monoisotopic (exact) mass is 290 g/mol. The van der Waals surface area contributed by atoms with E-state index in [4.69, 9.17) is 18.0 Å². The van der Waals surface area contributed by atoms with E-state index >= 15 is 0 Å². The van der Waals surface area contributed by atoms with Crippen LogP contribution in [0.4, 0.5) is 0 Å². The molecule has 2 rings (SSSR count). The highest BCUT2D eigenvalue weighted by Gasteiger charge is 2.07. The van der Waals surface area contributed by atoms with Crippen molar-refractivity contribution in [1.82, 2.24) is 5.32 Å². The minimum absolute atomic E-state index is 0.0449. The van der Waals surface area contributed by atoms with Gasteiger partial charge in [-0.3, -0.25) is 4.79 Å². The van der Waals surface area contributed by atoms with E-state index in [-0.39, 0.29) is 5.91 Å². The van der Waals surface area contributed by atoms with Crippen LogP contribution in [0.25, 0.3) is 0 Å². The lowest BCUT2D eigenvalue weighted by molar-refractivity contribution is 0.0955. The van der Waals surface area contributed by atoms with Crippen LogP contribution in [0.1, 0.15) is 25.7 Å². The normalized spacial score (nSPS) is 10.2. The van der Waals surface area contributed by atoms with E-state index in [2.05, 4.69) is 5.32 Å². The average Bonchev–Trinajstić information content (AvgIpc) is 2.83. The van der Waals surface area contributed by atoms with Gasteiger partial charge in [0.2, 0.25) is 0 Å². The molecule has 0 spiro atoms. The van der Waals surface area contributed by atoms with Gasteiger partial charge in [-0.05, 0) is 24.6 Å². The summed E-state index contributed by atoms with van der Waals surface area (Å²) in [6, 6.07) is 11.3. The summed E-state index contributed by atoms with van der Waals surface area (Å²) >= 11 is 6.38. The Morgan fingerprint density at radius 1 is 1.26 bits per heavy atom. The molecule has 0 aliphatic carbocycles. The Morgan fingerprint density at radius 3 is 2.47 bits per heavy atom. The van der Waals surface area contributed by atoms with E-state index in [1.165, 1.54) is 11.3 Å². The Kier molecular flexibility index (Phi) is 4.29. The minimum atomic E-state index is -0.0449. The van der Waals surface area contributed by atoms with Crippen molar-refractivity contribution in [1.29, 1.82) is 0 Å². The summed E-state index contributed by atoms with van der Waals surface area (Å²) in [5.41, 5.74) is 7.38. The quantitative estimate of drug-likeness (QED) is 0.851. The second-order valence-corrected chi connectivity index (χ2v) is 5.88. The Bertz CT molecular complexity index is 602. The average molecular weight is 290 g/mol. The predicted octanol–water partition coefficient (Wildman–Crippen LogP) is 2.62. The molecule has 5 heteroatoms. The van der Waals surface area contributed by atoms with Crippen LogP contribution in [0.3, 0.4) is 0 Å². The van der Waals surface area contributed by atoms with Gasteiger partial charge < -0.3 is 11.1 Å². The molecule has 0 radical (unpaired) electrons. The van der Waals surface area contributed by atoms with Crippen LogP contribution < -0.4 is 11.1 Å². The molecule has 3 nitrogen and oxygen atoms in total. The molecule has 1 heterocycles. The van der Waals surface area contributed by atoms with Crippen LogP contribution in [0.5, 0.6) is 0 Å². The van der Waals surface area contributed by atoms with Crippen molar-refractivity contribution in [3.05, 3.63) is 57.3 Å². The fraction of sp³-hybridized carbons (Fsp3) is 0.143. The molecule has 19 heavy (non-hydrogen) atoms. The zero-order valence-electron chi connectivity index (χ0n) is 10.5. The van der Waals surface area contributed by atoms with E-state index in [9.17, 15) is 4.79 Å². The van der Waals surface area contributed by atoms with Crippen molar-refractivity contribution in [2.75, 3.05) is 0 Å². The van der Waals surface area contributed by atoms with Gasteiger partial charge in [0, 0.05) is 17.0 Å². The van der Waals surface area contributed by atoms with Crippen molar-refractivity contribution >= 4 is 34.5 Å². The third-order valence-corrected chi connectivity index (χ3v) is 3.89. The fourth-order valence-electron chi connectivity index (χ4n) is 1.61. The summed E-state index contributed by atoms with van der Waals surface area (Å²) in [6.45, 7) is 2.48. The summed E-state index contributed by atoms with van der Waals surface area (Å²) in [7, 11) is 0. The smallest absolute Gasteiger partial charge is 0.261 e. The Morgan fingerprint density at radius 2 is 1.95 bits per heavy atom. The summed E-state index contributed by atoms with van der Waals surface area (Å²) in [5, 5.41) is 2.88. The number of nitrogens with one attached hydrogen (secondary N) is 1. The third-order valence-electron chi connectivity index (χ3n) is 2.66.